The van der Waals surface area contributed by atoms with Crippen LogP contribution in [-0.4, -0.2) is 56.8 Å². The molecule has 1 atom stereocenters. The van der Waals surface area contributed by atoms with Crippen molar-refractivity contribution in [1.29, 1.82) is 5.41 Å². The summed E-state index contributed by atoms with van der Waals surface area (Å²) in [6, 6.07) is 0. The fraction of sp³-hybridized carbons (Fsp3) is 0.917. The summed E-state index contributed by atoms with van der Waals surface area (Å²) in [4.78, 5) is 2.28. The summed E-state index contributed by atoms with van der Waals surface area (Å²) in [7, 11) is 1.71. The Morgan fingerprint density at radius 3 is 2.88 bits per heavy atom. The van der Waals surface area contributed by atoms with Crippen molar-refractivity contribution in [3.63, 3.8) is 0 Å². The molecule has 5 nitrogen and oxygen atoms in total. The van der Waals surface area contributed by atoms with Gasteiger partial charge in [0.15, 0.2) is 0 Å². The highest BCUT2D eigenvalue weighted by Gasteiger charge is 2.17. The van der Waals surface area contributed by atoms with E-state index in [1.54, 1.807) is 7.11 Å². The van der Waals surface area contributed by atoms with Crippen molar-refractivity contribution in [3.05, 3.63) is 0 Å². The van der Waals surface area contributed by atoms with E-state index >= 15 is 0 Å². The monoisotopic (exact) mass is 243 g/mol. The maximum absolute atomic E-state index is 7.27. The summed E-state index contributed by atoms with van der Waals surface area (Å²) in [6.07, 6.45) is 4.55. The van der Waals surface area contributed by atoms with E-state index in [0.29, 0.717) is 19.1 Å². The van der Waals surface area contributed by atoms with Gasteiger partial charge >= 0.3 is 0 Å². The number of amidine groups is 1. The molecule has 17 heavy (non-hydrogen) atoms. The molecule has 0 aromatic rings. The molecule has 1 aliphatic rings. The lowest BCUT2D eigenvalue weighted by Crippen LogP contribution is -2.39. The number of hydrogen-bond acceptors (Lipinski definition) is 4. The number of methoxy groups -OCH3 is 1. The highest BCUT2D eigenvalue weighted by atomic mass is 16.5. The number of nitrogens with one attached hydrogen (secondary N) is 1. The van der Waals surface area contributed by atoms with Gasteiger partial charge in [-0.3, -0.25) is 10.3 Å². The van der Waals surface area contributed by atoms with Crippen molar-refractivity contribution < 1.29 is 9.47 Å². The Bertz CT molecular complexity index is 218. The summed E-state index contributed by atoms with van der Waals surface area (Å²) >= 11 is 0. The molecule has 0 bridgehead atoms. The van der Waals surface area contributed by atoms with Gasteiger partial charge in [-0.15, -0.1) is 0 Å². The van der Waals surface area contributed by atoms with Crippen LogP contribution in [0.1, 0.15) is 25.7 Å². The zero-order chi connectivity index (χ0) is 12.5. The Morgan fingerprint density at radius 1 is 1.47 bits per heavy atom. The Hall–Kier alpha value is -0.650. The molecule has 0 spiro atoms. The van der Waals surface area contributed by atoms with Gasteiger partial charge in [0.2, 0.25) is 0 Å². The lowest BCUT2D eigenvalue weighted by atomic mass is 10.1. The highest BCUT2D eigenvalue weighted by Crippen LogP contribution is 2.13. The quantitative estimate of drug-likeness (QED) is 0.489. The van der Waals surface area contributed by atoms with E-state index in [1.807, 2.05) is 0 Å². The summed E-state index contributed by atoms with van der Waals surface area (Å²) in [5.74, 6) is 0.247. The SMILES string of the molecule is COCCN(CCC(=N)N)CC1CCCCO1. The molecule has 1 rings (SSSR count). The predicted octanol–water partition coefficient (Wildman–Crippen LogP) is 0.830. The van der Waals surface area contributed by atoms with E-state index in [9.17, 15) is 0 Å². The minimum Gasteiger partial charge on any atom is -0.388 e. The molecule has 0 aromatic carbocycles. The van der Waals surface area contributed by atoms with E-state index in [0.717, 1.165) is 32.7 Å². The standard InChI is InChI=1S/C12H25N3O2/c1-16-9-7-15(6-5-12(13)14)10-11-4-2-3-8-17-11/h11H,2-10H2,1H3,(H3,13,14). The Labute approximate surface area is 104 Å². The topological polar surface area (TPSA) is 71.6 Å². The smallest absolute Gasteiger partial charge is 0.0918 e. The van der Waals surface area contributed by atoms with Crippen LogP contribution in [0.15, 0.2) is 0 Å². The second kappa shape index (κ2) is 8.44. The molecular formula is C12H25N3O2. The second-order valence-electron chi connectivity index (χ2n) is 4.56. The van der Waals surface area contributed by atoms with Crippen LogP contribution >= 0.6 is 0 Å². The molecule has 1 unspecified atom stereocenters. The van der Waals surface area contributed by atoms with Gasteiger partial charge in [-0.2, -0.15) is 0 Å². The molecule has 1 fully saturated rings. The third-order valence-electron chi connectivity index (χ3n) is 3.04. The normalized spacial score (nSPS) is 20.7. The predicted molar refractivity (Wildman–Crippen MR) is 68.4 cm³/mol. The number of nitrogens with zero attached hydrogens (tertiary/aromatic N) is 1. The zero-order valence-corrected chi connectivity index (χ0v) is 10.8. The molecule has 0 amide bonds. The van der Waals surface area contributed by atoms with Crippen LogP contribution in [0.4, 0.5) is 0 Å². The fourth-order valence-corrected chi connectivity index (χ4v) is 2.03. The van der Waals surface area contributed by atoms with Crippen molar-refractivity contribution in [1.82, 2.24) is 4.90 Å². The highest BCUT2D eigenvalue weighted by molar-refractivity contribution is 5.76. The van der Waals surface area contributed by atoms with Gasteiger partial charge in [0.05, 0.1) is 18.5 Å². The molecule has 100 valence electrons. The zero-order valence-electron chi connectivity index (χ0n) is 10.8. The minimum absolute atomic E-state index is 0.247. The molecular weight excluding hydrogens is 218 g/mol. The average Bonchev–Trinajstić information content (AvgIpc) is 2.34. The first-order valence-corrected chi connectivity index (χ1v) is 6.38. The maximum Gasteiger partial charge on any atom is 0.0918 e. The molecule has 0 aliphatic carbocycles. The number of rotatable bonds is 8. The van der Waals surface area contributed by atoms with Gasteiger partial charge in [-0.05, 0) is 19.3 Å². The molecule has 0 aromatic heterocycles. The van der Waals surface area contributed by atoms with Crippen LogP contribution < -0.4 is 5.73 Å². The number of ether oxygens (including phenoxy) is 2. The molecule has 3 N–H and O–H groups in total. The van der Waals surface area contributed by atoms with Crippen molar-refractivity contribution in [3.8, 4) is 0 Å². The second-order valence-corrected chi connectivity index (χ2v) is 4.56. The third kappa shape index (κ3) is 6.61. The minimum atomic E-state index is 0.247. The molecule has 5 heteroatoms. The molecule has 1 saturated heterocycles. The van der Waals surface area contributed by atoms with Crippen LogP contribution in [0.25, 0.3) is 0 Å². The lowest BCUT2D eigenvalue weighted by Gasteiger charge is -2.29. The van der Waals surface area contributed by atoms with Gasteiger partial charge in [0, 0.05) is 39.8 Å². The Balaban J connectivity index is 2.29. The molecule has 0 saturated carbocycles. The van der Waals surface area contributed by atoms with Crippen LogP contribution in [-0.2, 0) is 9.47 Å². The summed E-state index contributed by atoms with van der Waals surface area (Å²) in [5, 5.41) is 7.27. The van der Waals surface area contributed by atoms with E-state index in [1.165, 1.54) is 12.8 Å². The van der Waals surface area contributed by atoms with Gasteiger partial charge in [-0.1, -0.05) is 0 Å². The van der Waals surface area contributed by atoms with Crippen LogP contribution in [0.2, 0.25) is 0 Å². The van der Waals surface area contributed by atoms with Crippen LogP contribution in [0.5, 0.6) is 0 Å². The molecule has 1 heterocycles. The van der Waals surface area contributed by atoms with Crippen molar-refractivity contribution >= 4 is 5.84 Å². The molecule has 0 radical (unpaired) electrons. The summed E-state index contributed by atoms with van der Waals surface area (Å²) in [5.41, 5.74) is 5.40. The van der Waals surface area contributed by atoms with Gasteiger partial charge in [-0.25, -0.2) is 0 Å². The lowest BCUT2D eigenvalue weighted by molar-refractivity contribution is -0.00865. The van der Waals surface area contributed by atoms with E-state index in [-0.39, 0.29) is 5.84 Å². The Kier molecular flexibility index (Phi) is 7.16. The van der Waals surface area contributed by atoms with Crippen molar-refractivity contribution in [2.75, 3.05) is 40.0 Å². The van der Waals surface area contributed by atoms with E-state index in [2.05, 4.69) is 4.90 Å². The van der Waals surface area contributed by atoms with Crippen LogP contribution in [0.3, 0.4) is 0 Å². The maximum atomic E-state index is 7.27. The first-order valence-electron chi connectivity index (χ1n) is 6.38. The van der Waals surface area contributed by atoms with Crippen molar-refractivity contribution in [2.45, 2.75) is 31.8 Å². The van der Waals surface area contributed by atoms with E-state index < -0.39 is 0 Å². The average molecular weight is 243 g/mol. The van der Waals surface area contributed by atoms with Gasteiger partial charge in [0.25, 0.3) is 0 Å². The first kappa shape index (κ1) is 14.4. The van der Waals surface area contributed by atoms with Crippen LogP contribution in [0, 0.1) is 5.41 Å². The summed E-state index contributed by atoms with van der Waals surface area (Å²) in [6.45, 7) is 4.22. The third-order valence-corrected chi connectivity index (χ3v) is 3.04. The number of hydrogen-bond donors (Lipinski definition) is 2. The van der Waals surface area contributed by atoms with Crippen molar-refractivity contribution in [2.24, 2.45) is 5.73 Å². The Morgan fingerprint density at radius 2 is 2.29 bits per heavy atom. The van der Waals surface area contributed by atoms with Gasteiger partial charge < -0.3 is 15.2 Å². The number of nitrogens with two attached hydrogens (primary N) is 1. The fourth-order valence-electron chi connectivity index (χ4n) is 2.03. The van der Waals surface area contributed by atoms with Gasteiger partial charge in [0.1, 0.15) is 0 Å². The first-order chi connectivity index (χ1) is 8.22. The largest absolute Gasteiger partial charge is 0.388 e. The molecule has 1 aliphatic heterocycles. The summed E-state index contributed by atoms with van der Waals surface area (Å²) < 4.78 is 10.8. The van der Waals surface area contributed by atoms with E-state index in [4.69, 9.17) is 20.6 Å².